The fraction of sp³-hybridized carbons (Fsp3) is 0.938. The molecule has 1 saturated carbocycles. The monoisotopic (exact) mass is 345 g/mol. The maximum absolute atomic E-state index is 12.3. The molecule has 2 N–H and O–H groups in total. The fourth-order valence-corrected chi connectivity index (χ4v) is 4.20. The van der Waals surface area contributed by atoms with Crippen LogP contribution in [0.4, 0.5) is 0 Å². The van der Waals surface area contributed by atoms with Crippen LogP contribution in [0.1, 0.15) is 57.8 Å². The van der Waals surface area contributed by atoms with Gasteiger partial charge in [0.1, 0.15) is 0 Å². The number of nitrogens with one attached hydrogen (secondary N) is 2. The first-order valence-corrected chi connectivity index (χ1v) is 10.8. The van der Waals surface area contributed by atoms with Crippen molar-refractivity contribution in [1.82, 2.24) is 14.9 Å². The van der Waals surface area contributed by atoms with E-state index >= 15 is 0 Å². The van der Waals surface area contributed by atoms with Crippen LogP contribution < -0.4 is 10.0 Å². The highest BCUT2D eigenvalue weighted by atomic mass is 32.2. The highest BCUT2D eigenvalue weighted by Crippen LogP contribution is 2.20. The van der Waals surface area contributed by atoms with Gasteiger partial charge in [0.25, 0.3) is 0 Å². The average molecular weight is 346 g/mol. The van der Waals surface area contributed by atoms with Gasteiger partial charge < -0.3 is 5.32 Å². The average Bonchev–Trinajstić information content (AvgIpc) is 2.49. The summed E-state index contributed by atoms with van der Waals surface area (Å²) in [6.45, 7) is 1.83. The number of likely N-dealkylation sites (tertiary alicyclic amines) is 1. The number of piperidine rings is 1. The number of sulfonamides is 1. The lowest BCUT2D eigenvalue weighted by Crippen LogP contribution is -2.48. The highest BCUT2D eigenvalue weighted by molar-refractivity contribution is 7.88. The van der Waals surface area contributed by atoms with Crippen LogP contribution in [0.15, 0.2) is 0 Å². The summed E-state index contributed by atoms with van der Waals surface area (Å²) in [4.78, 5) is 14.5. The van der Waals surface area contributed by atoms with Gasteiger partial charge in [-0.2, -0.15) is 0 Å². The van der Waals surface area contributed by atoms with Gasteiger partial charge in [-0.15, -0.1) is 0 Å². The summed E-state index contributed by atoms with van der Waals surface area (Å²) in [6.07, 6.45) is 11.2. The van der Waals surface area contributed by atoms with Crippen molar-refractivity contribution >= 4 is 15.9 Å². The first-order valence-electron chi connectivity index (χ1n) is 8.92. The molecule has 0 aromatic carbocycles. The molecule has 0 aromatic heterocycles. The van der Waals surface area contributed by atoms with Crippen molar-refractivity contribution in [2.45, 2.75) is 69.9 Å². The second-order valence-corrected chi connectivity index (χ2v) is 8.81. The number of nitrogens with zero attached hydrogens (tertiary/aromatic N) is 1. The van der Waals surface area contributed by atoms with Crippen LogP contribution in [0.25, 0.3) is 0 Å². The van der Waals surface area contributed by atoms with Crippen LogP contribution in [-0.2, 0) is 14.8 Å². The molecular formula is C16H31N3O3S. The van der Waals surface area contributed by atoms with Crippen LogP contribution in [0.5, 0.6) is 0 Å². The molecule has 1 amide bonds. The van der Waals surface area contributed by atoms with E-state index in [4.69, 9.17) is 0 Å². The van der Waals surface area contributed by atoms with Gasteiger partial charge in [-0.1, -0.05) is 25.7 Å². The smallest absolute Gasteiger partial charge is 0.234 e. The van der Waals surface area contributed by atoms with Gasteiger partial charge >= 0.3 is 0 Å². The van der Waals surface area contributed by atoms with Crippen molar-refractivity contribution in [3.63, 3.8) is 0 Å². The molecule has 1 aliphatic heterocycles. The Morgan fingerprint density at radius 1 is 1.09 bits per heavy atom. The summed E-state index contributed by atoms with van der Waals surface area (Å²) in [5.41, 5.74) is 0. The maximum atomic E-state index is 12.3. The van der Waals surface area contributed by atoms with E-state index in [9.17, 15) is 13.2 Å². The molecule has 2 rings (SSSR count). The van der Waals surface area contributed by atoms with E-state index < -0.39 is 10.0 Å². The molecule has 134 valence electrons. The summed E-state index contributed by atoms with van der Waals surface area (Å²) in [5.74, 6) is 0.125. The van der Waals surface area contributed by atoms with Crippen LogP contribution in [-0.4, -0.2) is 57.2 Å². The SMILES string of the molecule is CS(=O)(=O)NCCC1CCCCN1CC(=O)NC1CCCCC1. The van der Waals surface area contributed by atoms with Gasteiger partial charge in [-0.25, -0.2) is 13.1 Å². The Hall–Kier alpha value is -0.660. The van der Waals surface area contributed by atoms with Crippen LogP contribution in [0, 0.1) is 0 Å². The Morgan fingerprint density at radius 2 is 1.78 bits per heavy atom. The van der Waals surface area contributed by atoms with Gasteiger partial charge in [0.15, 0.2) is 0 Å². The van der Waals surface area contributed by atoms with E-state index in [1.165, 1.54) is 25.5 Å². The molecule has 1 aliphatic carbocycles. The predicted molar refractivity (Wildman–Crippen MR) is 91.7 cm³/mol. The summed E-state index contributed by atoms with van der Waals surface area (Å²) >= 11 is 0. The summed E-state index contributed by atoms with van der Waals surface area (Å²) in [5, 5.41) is 3.17. The largest absolute Gasteiger partial charge is 0.352 e. The molecule has 2 fully saturated rings. The molecule has 1 atom stereocenters. The minimum Gasteiger partial charge on any atom is -0.352 e. The minimum absolute atomic E-state index is 0.125. The van der Waals surface area contributed by atoms with Crippen LogP contribution in [0.3, 0.4) is 0 Å². The number of hydrogen-bond donors (Lipinski definition) is 2. The molecule has 1 heterocycles. The van der Waals surface area contributed by atoms with E-state index in [1.807, 2.05) is 0 Å². The molecule has 0 aromatic rings. The summed E-state index contributed by atoms with van der Waals surface area (Å²) < 4.78 is 24.9. The number of hydrogen-bond acceptors (Lipinski definition) is 4. The zero-order chi connectivity index (χ0) is 16.7. The molecule has 2 aliphatic rings. The lowest BCUT2D eigenvalue weighted by molar-refractivity contribution is -0.124. The van der Waals surface area contributed by atoms with Gasteiger partial charge in [0, 0.05) is 18.6 Å². The normalized spacial score (nSPS) is 24.5. The Kier molecular flexibility index (Phi) is 7.30. The second-order valence-electron chi connectivity index (χ2n) is 6.98. The lowest BCUT2D eigenvalue weighted by atomic mass is 9.95. The Balaban J connectivity index is 1.76. The van der Waals surface area contributed by atoms with Gasteiger partial charge in [-0.3, -0.25) is 9.69 Å². The topological polar surface area (TPSA) is 78.5 Å². The number of carbonyl (C=O) groups excluding carboxylic acids is 1. The number of rotatable bonds is 7. The quantitative estimate of drug-likeness (QED) is 0.727. The molecule has 0 radical (unpaired) electrons. The molecule has 6 nitrogen and oxygen atoms in total. The maximum Gasteiger partial charge on any atom is 0.234 e. The molecule has 23 heavy (non-hydrogen) atoms. The molecule has 7 heteroatoms. The summed E-state index contributed by atoms with van der Waals surface area (Å²) in [6, 6.07) is 0.654. The van der Waals surface area contributed by atoms with E-state index in [0.29, 0.717) is 25.2 Å². The molecule has 0 spiro atoms. The van der Waals surface area contributed by atoms with Gasteiger partial charge in [-0.05, 0) is 38.6 Å². The molecular weight excluding hydrogens is 314 g/mol. The van der Waals surface area contributed by atoms with Crippen molar-refractivity contribution in [2.75, 3.05) is 25.9 Å². The lowest BCUT2D eigenvalue weighted by Gasteiger charge is -2.35. The number of carbonyl (C=O) groups is 1. The van der Waals surface area contributed by atoms with Crippen molar-refractivity contribution in [1.29, 1.82) is 0 Å². The van der Waals surface area contributed by atoms with Crippen LogP contribution in [0.2, 0.25) is 0 Å². The molecule has 1 saturated heterocycles. The van der Waals surface area contributed by atoms with Gasteiger partial charge in [0.05, 0.1) is 12.8 Å². The third-order valence-electron chi connectivity index (χ3n) is 4.91. The number of amides is 1. The first kappa shape index (κ1) is 18.7. The van der Waals surface area contributed by atoms with E-state index in [-0.39, 0.29) is 5.91 Å². The minimum atomic E-state index is -3.13. The van der Waals surface area contributed by atoms with Crippen LogP contribution >= 0.6 is 0 Å². The third-order valence-corrected chi connectivity index (χ3v) is 5.64. The van der Waals surface area contributed by atoms with Crippen molar-refractivity contribution in [2.24, 2.45) is 0 Å². The predicted octanol–water partition coefficient (Wildman–Crippen LogP) is 1.23. The van der Waals surface area contributed by atoms with E-state index in [0.717, 1.165) is 45.1 Å². The zero-order valence-electron chi connectivity index (χ0n) is 14.2. The van der Waals surface area contributed by atoms with E-state index in [2.05, 4.69) is 14.9 Å². The van der Waals surface area contributed by atoms with Crippen molar-refractivity contribution < 1.29 is 13.2 Å². The van der Waals surface area contributed by atoms with Gasteiger partial charge in [0.2, 0.25) is 15.9 Å². The Labute approximate surface area is 140 Å². The van der Waals surface area contributed by atoms with Crippen molar-refractivity contribution in [3.8, 4) is 0 Å². The first-order chi connectivity index (χ1) is 10.9. The zero-order valence-corrected chi connectivity index (χ0v) is 15.0. The molecule has 0 bridgehead atoms. The third kappa shape index (κ3) is 7.18. The fourth-order valence-electron chi connectivity index (χ4n) is 3.71. The Morgan fingerprint density at radius 3 is 2.48 bits per heavy atom. The summed E-state index contributed by atoms with van der Waals surface area (Å²) in [7, 11) is -3.13. The highest BCUT2D eigenvalue weighted by Gasteiger charge is 2.25. The standard InChI is InChI=1S/C16H31N3O3S/c1-23(21,22)17-11-10-15-9-5-6-12-19(15)13-16(20)18-14-7-3-2-4-8-14/h14-15,17H,2-13H2,1H3,(H,18,20). The second kappa shape index (κ2) is 8.99. The Bertz CT molecular complexity index is 475. The van der Waals surface area contributed by atoms with E-state index in [1.54, 1.807) is 0 Å². The molecule has 1 unspecified atom stereocenters. The van der Waals surface area contributed by atoms with Crippen molar-refractivity contribution in [3.05, 3.63) is 0 Å².